The maximum absolute atomic E-state index is 13.6. The normalized spacial score (nSPS) is 10.5. The number of urea groups is 1. The first-order valence-corrected chi connectivity index (χ1v) is 7.95. The van der Waals surface area contributed by atoms with Gasteiger partial charge >= 0.3 is 6.03 Å². The van der Waals surface area contributed by atoms with Crippen LogP contribution in [0.4, 0.5) is 14.9 Å². The third-order valence-electron chi connectivity index (χ3n) is 3.76. The van der Waals surface area contributed by atoms with Crippen LogP contribution >= 0.6 is 0 Å². The van der Waals surface area contributed by atoms with Crippen LogP contribution in [0.3, 0.4) is 0 Å². The largest absolute Gasteiger partial charge is 0.334 e. The highest BCUT2D eigenvalue weighted by atomic mass is 19.1. The Bertz CT molecular complexity index is 904. The molecule has 1 aromatic heterocycles. The van der Waals surface area contributed by atoms with Crippen LogP contribution in [0.2, 0.25) is 0 Å². The molecule has 0 spiro atoms. The Hall–Kier alpha value is -3.15. The number of nitrogens with zero attached hydrogens (tertiary/aromatic N) is 2. The summed E-state index contributed by atoms with van der Waals surface area (Å²) in [7, 11) is 0. The highest BCUT2D eigenvalue weighted by Crippen LogP contribution is 2.16. The Labute approximate surface area is 145 Å². The molecule has 6 heteroatoms. The molecular formula is C19H19FN4O. The molecule has 2 amide bonds. The SMILES string of the molecule is Cc1cc(C)n(-c2cccc(NC(=O)NCc3ccccc3F)c2)n1. The number of hydrogen-bond donors (Lipinski definition) is 2. The van der Waals surface area contributed by atoms with Gasteiger partial charge in [0.25, 0.3) is 0 Å². The third kappa shape index (κ3) is 4.03. The molecule has 5 nitrogen and oxygen atoms in total. The van der Waals surface area contributed by atoms with Crippen LogP contribution < -0.4 is 10.6 Å². The molecule has 3 rings (SSSR count). The molecule has 2 N–H and O–H groups in total. The number of anilines is 1. The number of hydrogen-bond acceptors (Lipinski definition) is 2. The van der Waals surface area contributed by atoms with Crippen molar-refractivity contribution in [2.75, 3.05) is 5.32 Å². The van der Waals surface area contributed by atoms with E-state index >= 15 is 0 Å². The van der Waals surface area contributed by atoms with Gasteiger partial charge in [0.15, 0.2) is 0 Å². The molecule has 128 valence electrons. The van der Waals surface area contributed by atoms with Gasteiger partial charge in [-0.1, -0.05) is 24.3 Å². The lowest BCUT2D eigenvalue weighted by Crippen LogP contribution is -2.28. The van der Waals surface area contributed by atoms with Gasteiger partial charge in [-0.2, -0.15) is 5.10 Å². The zero-order valence-electron chi connectivity index (χ0n) is 14.1. The molecular weight excluding hydrogens is 319 g/mol. The Morgan fingerprint density at radius 3 is 2.64 bits per heavy atom. The maximum Gasteiger partial charge on any atom is 0.319 e. The molecule has 0 aliphatic rings. The second-order valence-corrected chi connectivity index (χ2v) is 5.79. The second-order valence-electron chi connectivity index (χ2n) is 5.79. The number of aromatic nitrogens is 2. The van der Waals surface area contributed by atoms with Crippen LogP contribution in [0.1, 0.15) is 17.0 Å². The number of carbonyl (C=O) groups is 1. The first-order chi connectivity index (χ1) is 12.0. The lowest BCUT2D eigenvalue weighted by molar-refractivity contribution is 0.251. The molecule has 0 saturated heterocycles. The first kappa shape index (κ1) is 16.7. The van der Waals surface area contributed by atoms with Crippen molar-refractivity contribution in [2.45, 2.75) is 20.4 Å². The predicted octanol–water partition coefficient (Wildman–Crippen LogP) is 3.95. The Kier molecular flexibility index (Phi) is 4.79. The van der Waals surface area contributed by atoms with E-state index in [4.69, 9.17) is 0 Å². The average molecular weight is 338 g/mol. The Balaban J connectivity index is 1.67. The van der Waals surface area contributed by atoms with Gasteiger partial charge < -0.3 is 10.6 Å². The fraction of sp³-hybridized carbons (Fsp3) is 0.158. The summed E-state index contributed by atoms with van der Waals surface area (Å²) in [6, 6.07) is 15.3. The van der Waals surface area contributed by atoms with E-state index in [1.165, 1.54) is 6.07 Å². The maximum atomic E-state index is 13.6. The van der Waals surface area contributed by atoms with Crippen LogP contribution in [0.25, 0.3) is 5.69 Å². The lowest BCUT2D eigenvalue weighted by atomic mass is 10.2. The van der Waals surface area contributed by atoms with Crippen molar-refractivity contribution in [1.29, 1.82) is 0 Å². The summed E-state index contributed by atoms with van der Waals surface area (Å²) in [5.41, 5.74) is 3.87. The molecule has 0 radical (unpaired) electrons. The van der Waals surface area contributed by atoms with E-state index in [1.54, 1.807) is 24.3 Å². The van der Waals surface area contributed by atoms with E-state index in [-0.39, 0.29) is 12.4 Å². The summed E-state index contributed by atoms with van der Waals surface area (Å²) in [5, 5.41) is 9.84. The summed E-state index contributed by atoms with van der Waals surface area (Å²) in [6.07, 6.45) is 0. The smallest absolute Gasteiger partial charge is 0.319 e. The number of amides is 2. The molecule has 25 heavy (non-hydrogen) atoms. The zero-order valence-corrected chi connectivity index (χ0v) is 14.1. The van der Waals surface area contributed by atoms with E-state index in [0.717, 1.165) is 17.1 Å². The van der Waals surface area contributed by atoms with Crippen LogP contribution in [0.15, 0.2) is 54.6 Å². The fourth-order valence-corrected chi connectivity index (χ4v) is 2.60. The van der Waals surface area contributed by atoms with E-state index in [0.29, 0.717) is 11.3 Å². The standard InChI is InChI=1S/C19H19FN4O/c1-13-10-14(2)24(23-13)17-8-5-7-16(11-17)22-19(25)21-12-15-6-3-4-9-18(15)20/h3-11H,12H2,1-2H3,(H2,21,22,25). The molecule has 0 saturated carbocycles. The van der Waals surface area contributed by atoms with Crippen molar-refractivity contribution in [3.05, 3.63) is 77.4 Å². The quantitative estimate of drug-likeness (QED) is 0.757. The van der Waals surface area contributed by atoms with Gasteiger partial charge in [-0.3, -0.25) is 0 Å². The van der Waals surface area contributed by atoms with Gasteiger partial charge in [0, 0.05) is 23.5 Å². The molecule has 0 atom stereocenters. The van der Waals surface area contributed by atoms with Crippen LogP contribution in [0.5, 0.6) is 0 Å². The van der Waals surface area contributed by atoms with E-state index in [2.05, 4.69) is 15.7 Å². The van der Waals surface area contributed by atoms with Gasteiger partial charge in [-0.25, -0.2) is 13.9 Å². The third-order valence-corrected chi connectivity index (χ3v) is 3.76. The number of benzene rings is 2. The molecule has 0 unspecified atom stereocenters. The lowest BCUT2D eigenvalue weighted by Gasteiger charge is -2.10. The molecule has 0 bridgehead atoms. The molecule has 1 heterocycles. The highest BCUT2D eigenvalue weighted by Gasteiger charge is 2.07. The van der Waals surface area contributed by atoms with Gasteiger partial charge in [0.2, 0.25) is 0 Å². The van der Waals surface area contributed by atoms with Crippen LogP contribution in [-0.2, 0) is 6.54 Å². The molecule has 0 fully saturated rings. The van der Waals surface area contributed by atoms with Gasteiger partial charge in [-0.15, -0.1) is 0 Å². The topological polar surface area (TPSA) is 59.0 Å². The van der Waals surface area contributed by atoms with Gasteiger partial charge in [0.1, 0.15) is 5.82 Å². The summed E-state index contributed by atoms with van der Waals surface area (Å²) >= 11 is 0. The van der Waals surface area contributed by atoms with Crippen molar-refractivity contribution < 1.29 is 9.18 Å². The monoisotopic (exact) mass is 338 g/mol. The molecule has 0 aliphatic carbocycles. The minimum absolute atomic E-state index is 0.121. The summed E-state index contributed by atoms with van der Waals surface area (Å²) in [4.78, 5) is 12.0. The number of aryl methyl sites for hydroxylation is 2. The fourth-order valence-electron chi connectivity index (χ4n) is 2.60. The van der Waals surface area contributed by atoms with E-state index < -0.39 is 6.03 Å². The number of halogens is 1. The van der Waals surface area contributed by atoms with Crippen LogP contribution in [-0.4, -0.2) is 15.8 Å². The predicted molar refractivity (Wildman–Crippen MR) is 95.3 cm³/mol. The van der Waals surface area contributed by atoms with Crippen LogP contribution in [0, 0.1) is 19.7 Å². The minimum atomic E-state index is -0.395. The minimum Gasteiger partial charge on any atom is -0.334 e. The van der Waals surface area contributed by atoms with Gasteiger partial charge in [0.05, 0.1) is 11.4 Å². The van der Waals surface area contributed by atoms with Crippen molar-refractivity contribution in [1.82, 2.24) is 15.1 Å². The average Bonchev–Trinajstić information content (AvgIpc) is 2.93. The van der Waals surface area contributed by atoms with Crippen molar-refractivity contribution in [2.24, 2.45) is 0 Å². The van der Waals surface area contributed by atoms with Crippen molar-refractivity contribution in [3.8, 4) is 5.69 Å². The molecule has 2 aromatic carbocycles. The number of rotatable bonds is 4. The van der Waals surface area contributed by atoms with E-state index in [1.807, 2.05) is 42.8 Å². The summed E-state index contributed by atoms with van der Waals surface area (Å²) in [6.45, 7) is 4.03. The number of carbonyl (C=O) groups excluding carboxylic acids is 1. The zero-order chi connectivity index (χ0) is 17.8. The van der Waals surface area contributed by atoms with Crippen molar-refractivity contribution in [3.63, 3.8) is 0 Å². The number of nitrogens with one attached hydrogen (secondary N) is 2. The summed E-state index contributed by atoms with van der Waals surface area (Å²) in [5.74, 6) is -0.339. The van der Waals surface area contributed by atoms with Gasteiger partial charge in [-0.05, 0) is 44.2 Å². The highest BCUT2D eigenvalue weighted by molar-refractivity contribution is 5.89. The first-order valence-electron chi connectivity index (χ1n) is 7.95. The molecule has 3 aromatic rings. The van der Waals surface area contributed by atoms with Crippen molar-refractivity contribution >= 4 is 11.7 Å². The Morgan fingerprint density at radius 2 is 1.92 bits per heavy atom. The van der Waals surface area contributed by atoms with E-state index in [9.17, 15) is 9.18 Å². The Morgan fingerprint density at radius 1 is 1.12 bits per heavy atom. The second kappa shape index (κ2) is 7.17. The molecule has 0 aliphatic heterocycles. The summed E-state index contributed by atoms with van der Waals surface area (Å²) < 4.78 is 15.4.